The molecule has 0 unspecified atom stereocenters. The number of anilines is 1. The quantitative estimate of drug-likeness (QED) is 0.496. The van der Waals surface area contributed by atoms with Crippen LogP contribution in [0.1, 0.15) is 27.0 Å². The van der Waals surface area contributed by atoms with Crippen LogP contribution in [0.25, 0.3) is 0 Å². The summed E-state index contributed by atoms with van der Waals surface area (Å²) in [6.45, 7) is 3.73. The highest BCUT2D eigenvalue weighted by Crippen LogP contribution is 2.19. The third kappa shape index (κ3) is 5.92. The van der Waals surface area contributed by atoms with E-state index in [0.29, 0.717) is 11.3 Å². The Morgan fingerprint density at radius 3 is 2.12 bits per heavy atom. The number of nitrogens with one attached hydrogen (secondary N) is 3. The summed E-state index contributed by atoms with van der Waals surface area (Å²) in [5.74, 6) is -1.44. The molecule has 3 N–H and O–H groups in total. The first-order valence-corrected chi connectivity index (χ1v) is 11.2. The number of rotatable bonds is 6. The Hall–Kier alpha value is -3.72. The maximum Gasteiger partial charge on any atom is 0.269 e. The zero-order valence-corrected chi connectivity index (χ0v) is 18.3. The van der Waals surface area contributed by atoms with E-state index in [1.807, 2.05) is 13.8 Å². The Morgan fingerprint density at radius 1 is 0.844 bits per heavy atom. The topological polar surface area (TPSA) is 104 Å². The lowest BCUT2D eigenvalue weighted by molar-refractivity contribution is -0.121. The molecule has 0 atom stereocenters. The second-order valence-corrected chi connectivity index (χ2v) is 8.92. The van der Waals surface area contributed by atoms with Gasteiger partial charge in [0.15, 0.2) is 0 Å². The van der Waals surface area contributed by atoms with Crippen LogP contribution >= 0.6 is 0 Å². The summed E-state index contributed by atoms with van der Waals surface area (Å²) < 4.78 is 40.5. The molecule has 0 spiro atoms. The van der Waals surface area contributed by atoms with E-state index in [9.17, 15) is 22.4 Å². The predicted molar refractivity (Wildman–Crippen MR) is 119 cm³/mol. The number of hydrogen-bond acceptors (Lipinski definition) is 4. The number of hydrogen-bond donors (Lipinski definition) is 3. The zero-order chi connectivity index (χ0) is 23.3. The molecule has 0 aromatic heterocycles. The monoisotopic (exact) mass is 455 g/mol. The molecule has 0 radical (unpaired) electrons. The Labute approximate surface area is 185 Å². The van der Waals surface area contributed by atoms with E-state index < -0.39 is 27.7 Å². The van der Waals surface area contributed by atoms with Crippen molar-refractivity contribution in [3.8, 4) is 0 Å². The fourth-order valence-corrected chi connectivity index (χ4v) is 3.96. The van der Waals surface area contributed by atoms with E-state index in [-0.39, 0.29) is 16.9 Å². The molecule has 3 aromatic carbocycles. The van der Waals surface area contributed by atoms with E-state index in [4.69, 9.17) is 0 Å². The number of carbonyl (C=O) groups excluding carboxylic acids is 2. The van der Waals surface area contributed by atoms with Gasteiger partial charge in [0.1, 0.15) is 5.82 Å². The molecule has 3 rings (SSSR count). The molecule has 2 amide bonds. The van der Waals surface area contributed by atoms with Gasteiger partial charge in [-0.05, 0) is 79.1 Å². The van der Waals surface area contributed by atoms with Crippen molar-refractivity contribution in [2.45, 2.75) is 25.2 Å². The SMILES string of the molecule is Cc1ccc(S(=O)(=O)Nc2ccc(C(=O)NNC(=O)Cc3ccc(F)cc3)cc2)cc1C. The summed E-state index contributed by atoms with van der Waals surface area (Å²) in [4.78, 5) is 24.3. The van der Waals surface area contributed by atoms with Crippen LogP contribution in [-0.4, -0.2) is 20.2 Å². The molecule has 0 aliphatic heterocycles. The minimum atomic E-state index is -3.77. The third-order valence-corrected chi connectivity index (χ3v) is 6.16. The van der Waals surface area contributed by atoms with Gasteiger partial charge in [-0.1, -0.05) is 18.2 Å². The fraction of sp³-hybridized carbons (Fsp3) is 0.130. The first-order valence-electron chi connectivity index (χ1n) is 9.68. The number of aryl methyl sites for hydroxylation is 2. The van der Waals surface area contributed by atoms with Crippen molar-refractivity contribution in [3.05, 3.63) is 94.8 Å². The minimum Gasteiger partial charge on any atom is -0.280 e. The minimum absolute atomic E-state index is 0.0280. The molecular weight excluding hydrogens is 433 g/mol. The van der Waals surface area contributed by atoms with Crippen LogP contribution in [-0.2, 0) is 21.2 Å². The first kappa shape index (κ1) is 23.0. The average Bonchev–Trinajstić information content (AvgIpc) is 2.76. The van der Waals surface area contributed by atoms with Crippen LogP contribution in [0.2, 0.25) is 0 Å². The largest absolute Gasteiger partial charge is 0.280 e. The summed E-state index contributed by atoms with van der Waals surface area (Å²) in [6, 6.07) is 16.1. The highest BCUT2D eigenvalue weighted by Gasteiger charge is 2.15. The molecule has 0 aliphatic rings. The lowest BCUT2D eigenvalue weighted by atomic mass is 10.1. The molecule has 0 bridgehead atoms. The zero-order valence-electron chi connectivity index (χ0n) is 17.5. The second kappa shape index (κ2) is 9.61. The molecule has 166 valence electrons. The number of benzene rings is 3. The van der Waals surface area contributed by atoms with Gasteiger partial charge in [-0.3, -0.25) is 25.2 Å². The van der Waals surface area contributed by atoms with E-state index in [1.54, 1.807) is 12.1 Å². The fourth-order valence-electron chi connectivity index (χ4n) is 2.82. The van der Waals surface area contributed by atoms with Gasteiger partial charge in [-0.25, -0.2) is 12.8 Å². The van der Waals surface area contributed by atoms with Crippen LogP contribution in [0.3, 0.4) is 0 Å². The molecule has 0 saturated heterocycles. The molecular formula is C23H22FN3O4S. The molecule has 7 nitrogen and oxygen atoms in total. The Bertz CT molecular complexity index is 1240. The van der Waals surface area contributed by atoms with Gasteiger partial charge >= 0.3 is 0 Å². The van der Waals surface area contributed by atoms with Crippen molar-refractivity contribution in [1.29, 1.82) is 0 Å². The highest BCUT2D eigenvalue weighted by molar-refractivity contribution is 7.92. The van der Waals surface area contributed by atoms with Gasteiger partial charge in [0.05, 0.1) is 11.3 Å². The lowest BCUT2D eigenvalue weighted by Crippen LogP contribution is -2.42. The maximum absolute atomic E-state index is 12.9. The number of carbonyl (C=O) groups is 2. The van der Waals surface area contributed by atoms with Crippen molar-refractivity contribution < 1.29 is 22.4 Å². The highest BCUT2D eigenvalue weighted by atomic mass is 32.2. The average molecular weight is 456 g/mol. The molecule has 32 heavy (non-hydrogen) atoms. The van der Waals surface area contributed by atoms with Gasteiger partial charge in [-0.15, -0.1) is 0 Å². The summed E-state index contributed by atoms with van der Waals surface area (Å²) in [6.07, 6.45) is -0.0280. The van der Waals surface area contributed by atoms with Gasteiger partial charge in [0, 0.05) is 11.3 Å². The van der Waals surface area contributed by atoms with Crippen molar-refractivity contribution in [1.82, 2.24) is 10.9 Å². The molecule has 9 heteroatoms. The van der Waals surface area contributed by atoms with Gasteiger partial charge in [-0.2, -0.15) is 0 Å². The Balaban J connectivity index is 1.57. The van der Waals surface area contributed by atoms with E-state index in [1.165, 1.54) is 54.6 Å². The van der Waals surface area contributed by atoms with Crippen LogP contribution in [0.5, 0.6) is 0 Å². The van der Waals surface area contributed by atoms with Crippen molar-refractivity contribution in [2.24, 2.45) is 0 Å². The van der Waals surface area contributed by atoms with Gasteiger partial charge in [0.2, 0.25) is 5.91 Å². The molecule has 0 saturated carbocycles. The summed E-state index contributed by atoms with van der Waals surface area (Å²) >= 11 is 0. The van der Waals surface area contributed by atoms with Crippen LogP contribution in [0.4, 0.5) is 10.1 Å². The normalized spacial score (nSPS) is 11.0. The van der Waals surface area contributed by atoms with Crippen molar-refractivity contribution >= 4 is 27.5 Å². The summed E-state index contributed by atoms with van der Waals surface area (Å²) in [5.41, 5.74) is 7.53. The Kier molecular flexibility index (Phi) is 6.89. The molecule has 3 aromatic rings. The number of amides is 2. The van der Waals surface area contributed by atoms with Crippen LogP contribution in [0, 0.1) is 19.7 Å². The molecule has 0 fully saturated rings. The van der Waals surface area contributed by atoms with Crippen molar-refractivity contribution in [2.75, 3.05) is 4.72 Å². The van der Waals surface area contributed by atoms with Gasteiger partial charge < -0.3 is 0 Å². The van der Waals surface area contributed by atoms with Crippen LogP contribution < -0.4 is 15.6 Å². The van der Waals surface area contributed by atoms with Crippen molar-refractivity contribution in [3.63, 3.8) is 0 Å². The van der Waals surface area contributed by atoms with Gasteiger partial charge in [0.25, 0.3) is 15.9 Å². The Morgan fingerprint density at radius 2 is 1.50 bits per heavy atom. The van der Waals surface area contributed by atoms with Crippen LogP contribution in [0.15, 0.2) is 71.6 Å². The number of sulfonamides is 1. The number of hydrazine groups is 1. The first-order chi connectivity index (χ1) is 15.1. The standard InChI is InChI=1S/C23H22FN3O4S/c1-15-3-12-21(13-16(15)2)32(30,31)27-20-10-6-18(7-11-20)23(29)26-25-22(28)14-17-4-8-19(24)9-5-17/h3-13,27H,14H2,1-2H3,(H,25,28)(H,26,29). The molecule has 0 heterocycles. The van der Waals surface area contributed by atoms with E-state index >= 15 is 0 Å². The molecule has 0 aliphatic carbocycles. The smallest absolute Gasteiger partial charge is 0.269 e. The summed E-state index contributed by atoms with van der Waals surface area (Å²) in [7, 11) is -3.77. The van der Waals surface area contributed by atoms with E-state index in [0.717, 1.165) is 11.1 Å². The predicted octanol–water partition coefficient (Wildman–Crippen LogP) is 3.25. The number of halogens is 1. The lowest BCUT2D eigenvalue weighted by Gasteiger charge is -2.11. The maximum atomic E-state index is 12.9. The third-order valence-electron chi connectivity index (χ3n) is 4.78. The van der Waals surface area contributed by atoms with E-state index in [2.05, 4.69) is 15.6 Å². The summed E-state index contributed by atoms with van der Waals surface area (Å²) in [5, 5.41) is 0. The second-order valence-electron chi connectivity index (χ2n) is 7.23.